The fraction of sp³-hybridized carbons (Fsp3) is 0.333. The second-order valence-electron chi connectivity index (χ2n) is 3.82. The van der Waals surface area contributed by atoms with Gasteiger partial charge in [0.2, 0.25) is 10.0 Å². The van der Waals surface area contributed by atoms with E-state index in [1.807, 2.05) is 0 Å². The van der Waals surface area contributed by atoms with Gasteiger partial charge in [-0.15, -0.1) is 6.42 Å². The summed E-state index contributed by atoms with van der Waals surface area (Å²) in [4.78, 5) is -0.671. The molecule has 0 amide bonds. The highest BCUT2D eigenvalue weighted by atomic mass is 32.2. The van der Waals surface area contributed by atoms with Gasteiger partial charge in [0.1, 0.15) is 16.4 Å². The molecular formula is C12H14F2N2O2S. The summed E-state index contributed by atoms with van der Waals surface area (Å²) in [5, 5.41) is 0. The van der Waals surface area contributed by atoms with Crippen molar-refractivity contribution in [3.05, 3.63) is 23.8 Å². The molecule has 2 N–H and O–H groups in total. The number of hydrogen-bond acceptors (Lipinski definition) is 3. The second kappa shape index (κ2) is 5.99. The number of rotatable bonds is 5. The third-order valence-corrected chi connectivity index (χ3v) is 4.31. The summed E-state index contributed by atoms with van der Waals surface area (Å²) >= 11 is 0. The number of nitrogens with two attached hydrogens (primary N) is 1. The largest absolute Gasteiger partial charge is 0.394 e. The van der Waals surface area contributed by atoms with Crippen LogP contribution >= 0.6 is 0 Å². The quantitative estimate of drug-likeness (QED) is 0.661. The molecule has 0 aliphatic carbocycles. The Morgan fingerprint density at radius 2 is 2.05 bits per heavy atom. The van der Waals surface area contributed by atoms with Gasteiger partial charge in [-0.3, -0.25) is 0 Å². The van der Waals surface area contributed by atoms with Gasteiger partial charge in [-0.05, 0) is 18.6 Å². The van der Waals surface area contributed by atoms with Gasteiger partial charge in [-0.1, -0.05) is 12.8 Å². The molecule has 0 spiro atoms. The molecule has 104 valence electrons. The lowest BCUT2D eigenvalue weighted by molar-refractivity contribution is 0.440. The van der Waals surface area contributed by atoms with Crippen molar-refractivity contribution in [3.63, 3.8) is 0 Å². The molecule has 0 aliphatic rings. The van der Waals surface area contributed by atoms with Gasteiger partial charge in [0, 0.05) is 6.54 Å². The Bertz CT molecular complexity index is 609. The molecule has 0 aromatic heterocycles. The predicted octanol–water partition coefficient (Wildman–Crippen LogP) is 1.58. The van der Waals surface area contributed by atoms with Gasteiger partial charge in [-0.25, -0.2) is 17.2 Å². The zero-order valence-electron chi connectivity index (χ0n) is 10.4. The van der Waals surface area contributed by atoms with E-state index in [1.165, 1.54) is 0 Å². The van der Waals surface area contributed by atoms with Crippen molar-refractivity contribution >= 4 is 15.7 Å². The maximum Gasteiger partial charge on any atom is 0.246 e. The summed E-state index contributed by atoms with van der Waals surface area (Å²) in [6, 6.07) is 1.65. The van der Waals surface area contributed by atoms with Crippen LogP contribution in [0.4, 0.5) is 14.5 Å². The average molecular weight is 288 g/mol. The monoisotopic (exact) mass is 288 g/mol. The predicted molar refractivity (Wildman–Crippen MR) is 68.7 cm³/mol. The minimum absolute atomic E-state index is 0.142. The molecule has 0 atom stereocenters. The van der Waals surface area contributed by atoms with Crippen LogP contribution in [0.3, 0.4) is 0 Å². The van der Waals surface area contributed by atoms with Gasteiger partial charge in [0.05, 0.1) is 6.54 Å². The number of sulfonamides is 1. The van der Waals surface area contributed by atoms with E-state index >= 15 is 0 Å². The fourth-order valence-corrected chi connectivity index (χ4v) is 3.05. The Morgan fingerprint density at radius 1 is 1.42 bits per heavy atom. The first-order valence-corrected chi connectivity index (χ1v) is 6.97. The van der Waals surface area contributed by atoms with Gasteiger partial charge in [-0.2, -0.15) is 4.31 Å². The van der Waals surface area contributed by atoms with Crippen LogP contribution in [0.25, 0.3) is 0 Å². The van der Waals surface area contributed by atoms with E-state index < -0.39 is 32.2 Å². The molecule has 0 radical (unpaired) electrons. The molecule has 0 fully saturated rings. The summed E-state index contributed by atoms with van der Waals surface area (Å²) in [7, 11) is -4.13. The highest BCUT2D eigenvalue weighted by molar-refractivity contribution is 7.89. The van der Waals surface area contributed by atoms with Crippen LogP contribution in [0.5, 0.6) is 0 Å². The first kappa shape index (κ1) is 15.4. The zero-order chi connectivity index (χ0) is 14.6. The molecule has 0 unspecified atom stereocenters. The lowest BCUT2D eigenvalue weighted by Gasteiger charge is -2.19. The molecule has 1 aromatic rings. The van der Waals surface area contributed by atoms with Crippen molar-refractivity contribution in [2.45, 2.75) is 18.2 Å². The van der Waals surface area contributed by atoms with E-state index in [4.69, 9.17) is 12.2 Å². The van der Waals surface area contributed by atoms with E-state index in [0.717, 1.165) is 16.4 Å². The van der Waals surface area contributed by atoms with Crippen LogP contribution in [-0.2, 0) is 10.0 Å². The Morgan fingerprint density at radius 3 is 2.58 bits per heavy atom. The fourth-order valence-electron chi connectivity index (χ4n) is 1.52. The number of nitrogen functional groups attached to an aromatic ring is 1. The van der Waals surface area contributed by atoms with Crippen molar-refractivity contribution in [2.24, 2.45) is 0 Å². The molecular weight excluding hydrogens is 274 g/mol. The first-order valence-electron chi connectivity index (χ1n) is 5.53. The topological polar surface area (TPSA) is 63.4 Å². The SMILES string of the molecule is C#CCN(CCC)S(=O)(=O)c1ccc(F)c(N)c1F. The van der Waals surface area contributed by atoms with Gasteiger partial charge in [0.15, 0.2) is 5.82 Å². The summed E-state index contributed by atoms with van der Waals surface area (Å²) < 4.78 is 52.2. The van der Waals surface area contributed by atoms with E-state index in [1.54, 1.807) is 6.92 Å². The first-order chi connectivity index (χ1) is 8.86. The number of benzene rings is 1. The number of terminal acetylenes is 1. The lowest BCUT2D eigenvalue weighted by atomic mass is 10.3. The molecule has 0 heterocycles. The van der Waals surface area contributed by atoms with E-state index in [-0.39, 0.29) is 13.1 Å². The van der Waals surface area contributed by atoms with Crippen LogP contribution in [0.15, 0.2) is 17.0 Å². The van der Waals surface area contributed by atoms with E-state index in [2.05, 4.69) is 5.92 Å². The van der Waals surface area contributed by atoms with Crippen LogP contribution < -0.4 is 5.73 Å². The summed E-state index contributed by atoms with van der Waals surface area (Å²) in [5.74, 6) is -0.105. The third kappa shape index (κ3) is 3.03. The zero-order valence-corrected chi connectivity index (χ0v) is 11.2. The van der Waals surface area contributed by atoms with Crippen LogP contribution in [-0.4, -0.2) is 25.8 Å². The van der Waals surface area contributed by atoms with Crippen molar-refractivity contribution in [1.82, 2.24) is 4.31 Å². The number of halogens is 2. The highest BCUT2D eigenvalue weighted by Crippen LogP contribution is 2.25. The minimum atomic E-state index is -4.13. The Kier molecular flexibility index (Phi) is 4.86. The molecule has 1 rings (SSSR count). The van der Waals surface area contributed by atoms with Crippen molar-refractivity contribution in [2.75, 3.05) is 18.8 Å². The van der Waals surface area contributed by atoms with Gasteiger partial charge in [0.25, 0.3) is 0 Å². The van der Waals surface area contributed by atoms with Gasteiger partial charge < -0.3 is 5.73 Å². The van der Waals surface area contributed by atoms with E-state index in [9.17, 15) is 17.2 Å². The lowest BCUT2D eigenvalue weighted by Crippen LogP contribution is -2.33. The summed E-state index contributed by atoms with van der Waals surface area (Å²) in [6.45, 7) is 1.71. The van der Waals surface area contributed by atoms with E-state index in [0.29, 0.717) is 6.42 Å². The van der Waals surface area contributed by atoms with Crippen molar-refractivity contribution in [3.8, 4) is 12.3 Å². The molecule has 4 nitrogen and oxygen atoms in total. The summed E-state index contributed by atoms with van der Waals surface area (Å²) in [6.07, 6.45) is 5.61. The molecule has 0 bridgehead atoms. The molecule has 1 aromatic carbocycles. The van der Waals surface area contributed by atoms with Gasteiger partial charge >= 0.3 is 0 Å². The Balaban J connectivity index is 3.34. The normalized spacial score (nSPS) is 11.5. The van der Waals surface area contributed by atoms with Crippen molar-refractivity contribution in [1.29, 1.82) is 0 Å². The minimum Gasteiger partial charge on any atom is -0.394 e. The number of nitrogens with zero attached hydrogens (tertiary/aromatic N) is 1. The molecule has 7 heteroatoms. The van der Waals surface area contributed by atoms with Crippen LogP contribution in [0.1, 0.15) is 13.3 Å². The third-order valence-electron chi connectivity index (χ3n) is 2.45. The number of anilines is 1. The standard InChI is InChI=1S/C12H14F2N2O2S/c1-3-7-16(8-4-2)19(17,18)10-6-5-9(13)12(15)11(10)14/h1,5-6H,4,7-8,15H2,2H3. The number of hydrogen-bond donors (Lipinski definition) is 1. The summed E-state index contributed by atoms with van der Waals surface area (Å²) in [5.41, 5.74) is 4.33. The molecule has 0 aliphatic heterocycles. The Hall–Kier alpha value is -1.65. The molecule has 0 saturated heterocycles. The second-order valence-corrected chi connectivity index (χ2v) is 5.72. The smallest absolute Gasteiger partial charge is 0.246 e. The maximum atomic E-state index is 13.8. The average Bonchev–Trinajstić information content (AvgIpc) is 2.35. The molecule has 19 heavy (non-hydrogen) atoms. The Labute approximate surface area is 111 Å². The van der Waals surface area contributed by atoms with Crippen molar-refractivity contribution < 1.29 is 17.2 Å². The molecule has 0 saturated carbocycles. The highest BCUT2D eigenvalue weighted by Gasteiger charge is 2.28. The van der Waals surface area contributed by atoms with Crippen LogP contribution in [0, 0.1) is 24.0 Å². The maximum absolute atomic E-state index is 13.8. The van der Waals surface area contributed by atoms with Crippen LogP contribution in [0.2, 0.25) is 0 Å².